The molecule has 1 aromatic rings. The SMILES string of the molecule is Cl.Cl.NCCCCCCN=CC(N)Cc1ccc(Cl)c(Cl)c1. The molecule has 0 bridgehead atoms. The van der Waals surface area contributed by atoms with Crippen LogP contribution in [0.1, 0.15) is 31.2 Å². The second-order valence-electron chi connectivity index (χ2n) is 4.87. The standard InChI is InChI=1S/C15H23Cl2N3.2ClH/c16-14-6-5-12(10-15(14)17)9-13(19)11-20-8-4-2-1-3-7-18;;/h5-6,10-11,13H,1-4,7-9,18-19H2;2*1H. The van der Waals surface area contributed by atoms with Gasteiger partial charge in [0.1, 0.15) is 0 Å². The van der Waals surface area contributed by atoms with Gasteiger partial charge >= 0.3 is 0 Å². The summed E-state index contributed by atoms with van der Waals surface area (Å²) in [6, 6.07) is 5.50. The number of hydrogen-bond acceptors (Lipinski definition) is 3. The van der Waals surface area contributed by atoms with Crippen LogP contribution in [0.5, 0.6) is 0 Å². The van der Waals surface area contributed by atoms with E-state index in [1.165, 1.54) is 12.8 Å². The topological polar surface area (TPSA) is 64.4 Å². The average Bonchev–Trinajstić information content (AvgIpc) is 2.42. The van der Waals surface area contributed by atoms with E-state index in [4.69, 9.17) is 34.7 Å². The Balaban J connectivity index is 0. The lowest BCUT2D eigenvalue weighted by atomic mass is 10.1. The zero-order chi connectivity index (χ0) is 14.8. The predicted molar refractivity (Wildman–Crippen MR) is 104 cm³/mol. The van der Waals surface area contributed by atoms with Gasteiger partial charge in [0, 0.05) is 18.8 Å². The van der Waals surface area contributed by atoms with Gasteiger partial charge in [-0.3, -0.25) is 4.99 Å². The number of nitrogens with two attached hydrogens (primary N) is 2. The maximum absolute atomic E-state index is 6.01. The summed E-state index contributed by atoms with van der Waals surface area (Å²) in [6.45, 7) is 1.61. The van der Waals surface area contributed by atoms with Crippen LogP contribution >= 0.6 is 48.0 Å². The molecule has 1 atom stereocenters. The van der Waals surface area contributed by atoms with E-state index in [1.807, 2.05) is 18.3 Å². The summed E-state index contributed by atoms with van der Waals surface area (Å²) < 4.78 is 0. The summed E-state index contributed by atoms with van der Waals surface area (Å²) in [7, 11) is 0. The molecule has 7 heteroatoms. The van der Waals surface area contributed by atoms with Crippen LogP contribution in [-0.4, -0.2) is 25.3 Å². The minimum Gasteiger partial charge on any atom is -0.330 e. The van der Waals surface area contributed by atoms with Gasteiger partial charge in [0.2, 0.25) is 0 Å². The molecule has 4 N–H and O–H groups in total. The highest BCUT2D eigenvalue weighted by molar-refractivity contribution is 6.42. The maximum Gasteiger partial charge on any atom is 0.0595 e. The third kappa shape index (κ3) is 10.7. The molecule has 0 saturated heterocycles. The number of aliphatic imine (C=N–C) groups is 1. The van der Waals surface area contributed by atoms with Crippen LogP contribution in [0.2, 0.25) is 10.0 Å². The molecule has 0 amide bonds. The van der Waals surface area contributed by atoms with Crippen molar-refractivity contribution in [1.82, 2.24) is 0 Å². The number of nitrogens with zero attached hydrogens (tertiary/aromatic N) is 1. The molecule has 3 nitrogen and oxygen atoms in total. The fourth-order valence-electron chi connectivity index (χ4n) is 1.90. The van der Waals surface area contributed by atoms with Crippen LogP contribution in [0.25, 0.3) is 0 Å². The Bertz CT molecular complexity index is 427. The molecule has 128 valence electrons. The Hall–Kier alpha value is -0.0300. The maximum atomic E-state index is 6.01. The Labute approximate surface area is 155 Å². The van der Waals surface area contributed by atoms with Gasteiger partial charge in [-0.15, -0.1) is 24.8 Å². The molecule has 1 rings (SSSR count). The molecule has 0 heterocycles. The lowest BCUT2D eigenvalue weighted by molar-refractivity contribution is 0.653. The highest BCUT2D eigenvalue weighted by Gasteiger charge is 2.03. The zero-order valence-corrected chi connectivity index (χ0v) is 15.7. The third-order valence-corrected chi connectivity index (χ3v) is 3.73. The average molecular weight is 389 g/mol. The Kier molecular flexibility index (Phi) is 16.0. The largest absolute Gasteiger partial charge is 0.330 e. The smallest absolute Gasteiger partial charge is 0.0595 e. The van der Waals surface area contributed by atoms with Crippen LogP contribution in [0.3, 0.4) is 0 Å². The van der Waals surface area contributed by atoms with Gasteiger partial charge < -0.3 is 11.5 Å². The minimum absolute atomic E-state index is 0. The Morgan fingerprint density at radius 1 is 1.05 bits per heavy atom. The summed E-state index contributed by atoms with van der Waals surface area (Å²) in [5, 5.41) is 1.13. The Morgan fingerprint density at radius 2 is 1.73 bits per heavy atom. The van der Waals surface area contributed by atoms with Gasteiger partial charge in [-0.25, -0.2) is 0 Å². The van der Waals surface area contributed by atoms with Gasteiger partial charge in [0.25, 0.3) is 0 Å². The van der Waals surface area contributed by atoms with Crippen molar-refractivity contribution < 1.29 is 0 Å². The molecule has 0 fully saturated rings. The van der Waals surface area contributed by atoms with Crippen LogP contribution < -0.4 is 11.5 Å². The second kappa shape index (κ2) is 14.6. The highest BCUT2D eigenvalue weighted by atomic mass is 35.5. The van der Waals surface area contributed by atoms with Crippen molar-refractivity contribution >= 4 is 54.2 Å². The van der Waals surface area contributed by atoms with Crippen molar-refractivity contribution in [3.8, 4) is 0 Å². The number of benzene rings is 1. The van der Waals surface area contributed by atoms with E-state index in [-0.39, 0.29) is 30.9 Å². The molecule has 0 spiro atoms. The van der Waals surface area contributed by atoms with Gasteiger partial charge in [0.05, 0.1) is 10.0 Å². The lowest BCUT2D eigenvalue weighted by Crippen LogP contribution is -2.24. The van der Waals surface area contributed by atoms with Crippen LogP contribution in [-0.2, 0) is 6.42 Å². The monoisotopic (exact) mass is 387 g/mol. The first-order chi connectivity index (χ1) is 9.63. The molecule has 0 aromatic heterocycles. The molecular weight excluding hydrogens is 364 g/mol. The van der Waals surface area contributed by atoms with Crippen LogP contribution in [0, 0.1) is 0 Å². The van der Waals surface area contributed by atoms with E-state index in [0.29, 0.717) is 16.5 Å². The first kappa shape index (κ1) is 24.2. The summed E-state index contributed by atoms with van der Waals surface area (Å²) >= 11 is 11.8. The van der Waals surface area contributed by atoms with E-state index < -0.39 is 0 Å². The van der Waals surface area contributed by atoms with Crippen molar-refractivity contribution in [1.29, 1.82) is 0 Å². The third-order valence-electron chi connectivity index (χ3n) is 2.99. The number of hydrogen-bond donors (Lipinski definition) is 2. The fraction of sp³-hybridized carbons (Fsp3) is 0.533. The molecule has 0 aliphatic rings. The van der Waals surface area contributed by atoms with Crippen molar-refractivity contribution in [3.05, 3.63) is 33.8 Å². The van der Waals surface area contributed by atoms with Gasteiger partial charge in [-0.05, 0) is 43.5 Å². The second-order valence-corrected chi connectivity index (χ2v) is 5.69. The van der Waals surface area contributed by atoms with Gasteiger partial charge in [0.15, 0.2) is 0 Å². The number of unbranched alkanes of at least 4 members (excludes halogenated alkanes) is 3. The first-order valence-corrected chi connectivity index (χ1v) is 7.78. The molecule has 0 aliphatic heterocycles. The van der Waals surface area contributed by atoms with Crippen LogP contribution in [0.4, 0.5) is 0 Å². The molecule has 1 unspecified atom stereocenters. The summed E-state index contributed by atoms with van der Waals surface area (Å²) in [4.78, 5) is 4.36. The van der Waals surface area contributed by atoms with E-state index >= 15 is 0 Å². The molecule has 0 radical (unpaired) electrons. The minimum atomic E-state index is -0.0868. The quantitative estimate of drug-likeness (QED) is 0.489. The predicted octanol–water partition coefficient (Wildman–Crippen LogP) is 4.30. The summed E-state index contributed by atoms with van der Waals surface area (Å²) in [5.74, 6) is 0. The van der Waals surface area contributed by atoms with Crippen LogP contribution in [0.15, 0.2) is 23.2 Å². The van der Waals surface area contributed by atoms with E-state index in [1.54, 1.807) is 6.07 Å². The number of rotatable bonds is 9. The van der Waals surface area contributed by atoms with E-state index in [9.17, 15) is 0 Å². The summed E-state index contributed by atoms with van der Waals surface area (Å²) in [5.41, 5.74) is 12.5. The van der Waals surface area contributed by atoms with Gasteiger partial charge in [-0.2, -0.15) is 0 Å². The van der Waals surface area contributed by atoms with Crippen molar-refractivity contribution in [3.63, 3.8) is 0 Å². The molecule has 1 aromatic carbocycles. The molecular formula is C15H25Cl4N3. The zero-order valence-electron chi connectivity index (χ0n) is 12.5. The first-order valence-electron chi connectivity index (χ1n) is 7.03. The number of halogens is 4. The van der Waals surface area contributed by atoms with Crippen molar-refractivity contribution in [2.24, 2.45) is 16.5 Å². The highest BCUT2D eigenvalue weighted by Crippen LogP contribution is 2.22. The summed E-state index contributed by atoms with van der Waals surface area (Å²) in [6.07, 6.45) is 7.09. The van der Waals surface area contributed by atoms with Crippen molar-refractivity contribution in [2.75, 3.05) is 13.1 Å². The van der Waals surface area contributed by atoms with Crippen molar-refractivity contribution in [2.45, 2.75) is 38.1 Å². The lowest BCUT2D eigenvalue weighted by Gasteiger charge is -2.07. The molecule has 0 saturated carbocycles. The van der Waals surface area contributed by atoms with E-state index in [0.717, 1.165) is 31.5 Å². The van der Waals surface area contributed by atoms with E-state index in [2.05, 4.69) is 4.99 Å². The molecule has 22 heavy (non-hydrogen) atoms. The van der Waals surface area contributed by atoms with Gasteiger partial charge in [-0.1, -0.05) is 42.1 Å². The molecule has 0 aliphatic carbocycles. The normalized spacial score (nSPS) is 11.8. The fourth-order valence-corrected chi connectivity index (χ4v) is 2.22. The Morgan fingerprint density at radius 3 is 2.36 bits per heavy atom.